The van der Waals surface area contributed by atoms with E-state index in [0.717, 1.165) is 22.3 Å². The zero-order chi connectivity index (χ0) is 28.9. The van der Waals surface area contributed by atoms with Crippen molar-refractivity contribution in [3.05, 3.63) is 144 Å². The molecule has 4 N–H and O–H groups in total. The van der Waals surface area contributed by atoms with Gasteiger partial charge >= 0.3 is 0 Å². The maximum absolute atomic E-state index is 14.4. The number of aliphatic hydroxyl groups excluding tert-OH is 2. The van der Waals surface area contributed by atoms with Gasteiger partial charge in [0, 0.05) is 0 Å². The molecule has 0 heterocycles. The fourth-order valence-corrected chi connectivity index (χ4v) is 5.14. The van der Waals surface area contributed by atoms with Crippen LogP contribution in [0.3, 0.4) is 0 Å². The first kappa shape index (κ1) is 29.7. The van der Waals surface area contributed by atoms with Crippen molar-refractivity contribution in [2.45, 2.75) is 37.8 Å². The van der Waals surface area contributed by atoms with Crippen molar-refractivity contribution in [1.29, 1.82) is 0 Å². The fourth-order valence-electron chi connectivity index (χ4n) is 5.14. The molecular weight excluding hydrogens is 512 g/mol. The maximum atomic E-state index is 14.4. The number of carbonyl (C=O) groups is 2. The Morgan fingerprint density at radius 2 is 0.805 bits per heavy atom. The van der Waals surface area contributed by atoms with Crippen LogP contribution in [0.25, 0.3) is 0 Å². The summed E-state index contributed by atoms with van der Waals surface area (Å²) in [6.45, 7) is -0.551. The minimum Gasteiger partial charge on any atom is -0.394 e. The van der Waals surface area contributed by atoms with Crippen LogP contribution in [0.2, 0.25) is 0 Å². The monoisotopic (exact) mass is 550 g/mol. The SMILES string of the molecule is O=C(N[C@H](CO)Cc1ccccc1)C(Cc1ccccc1)(Cc1ccccc1)C(=O)N[C@H](CO)Cc1ccccc1. The van der Waals surface area contributed by atoms with Crippen LogP contribution < -0.4 is 10.6 Å². The third-order valence-corrected chi connectivity index (χ3v) is 7.33. The highest BCUT2D eigenvalue weighted by molar-refractivity contribution is 6.06. The van der Waals surface area contributed by atoms with E-state index >= 15 is 0 Å². The van der Waals surface area contributed by atoms with Gasteiger partial charge in [-0.15, -0.1) is 0 Å². The minimum absolute atomic E-state index is 0.146. The lowest BCUT2D eigenvalue weighted by Crippen LogP contribution is -2.58. The van der Waals surface area contributed by atoms with Crippen molar-refractivity contribution in [3.8, 4) is 0 Å². The number of nitrogens with one attached hydrogen (secondary N) is 2. The fraction of sp³-hybridized carbons (Fsp3) is 0.257. The second-order valence-electron chi connectivity index (χ2n) is 10.5. The molecule has 0 saturated carbocycles. The predicted octanol–water partition coefficient (Wildman–Crippen LogP) is 3.90. The van der Waals surface area contributed by atoms with Gasteiger partial charge in [-0.05, 0) is 47.9 Å². The Morgan fingerprint density at radius 1 is 0.512 bits per heavy atom. The molecule has 2 amide bonds. The molecule has 0 spiro atoms. The number of amides is 2. The molecule has 2 atom stereocenters. The second kappa shape index (κ2) is 14.9. The van der Waals surface area contributed by atoms with Gasteiger partial charge in [0.25, 0.3) is 0 Å². The van der Waals surface area contributed by atoms with E-state index in [9.17, 15) is 19.8 Å². The standard InChI is InChI=1S/C35H38N2O4/c38-25-31(21-27-13-5-1-6-14-27)36-33(40)35(23-29-17-9-3-10-18-29,24-30-19-11-4-12-20-30)34(41)37-32(26-39)22-28-15-7-2-8-16-28/h1-20,31-32,38-39H,21-26H2,(H,36,40)(H,37,41)/t31-,32-/m0/s1. The lowest BCUT2D eigenvalue weighted by molar-refractivity contribution is -0.145. The third kappa shape index (κ3) is 8.37. The van der Waals surface area contributed by atoms with E-state index < -0.39 is 29.3 Å². The molecule has 0 radical (unpaired) electrons. The number of carbonyl (C=O) groups excluding carboxylic acids is 2. The van der Waals surface area contributed by atoms with Gasteiger partial charge < -0.3 is 20.8 Å². The Kier molecular flexibility index (Phi) is 10.8. The van der Waals surface area contributed by atoms with Crippen LogP contribution >= 0.6 is 0 Å². The molecule has 0 aliphatic heterocycles. The van der Waals surface area contributed by atoms with E-state index in [1.807, 2.05) is 121 Å². The molecule has 41 heavy (non-hydrogen) atoms. The first-order chi connectivity index (χ1) is 20.0. The van der Waals surface area contributed by atoms with E-state index in [0.29, 0.717) is 12.8 Å². The summed E-state index contributed by atoms with van der Waals surface area (Å²) >= 11 is 0. The van der Waals surface area contributed by atoms with Crippen LogP contribution in [0, 0.1) is 5.41 Å². The van der Waals surface area contributed by atoms with E-state index in [1.54, 1.807) is 0 Å². The normalized spacial score (nSPS) is 12.7. The molecule has 0 saturated heterocycles. The maximum Gasteiger partial charge on any atom is 0.236 e. The Bertz CT molecular complexity index is 1240. The van der Waals surface area contributed by atoms with Gasteiger partial charge in [-0.1, -0.05) is 121 Å². The third-order valence-electron chi connectivity index (χ3n) is 7.33. The number of rotatable bonds is 14. The topological polar surface area (TPSA) is 98.7 Å². The van der Waals surface area contributed by atoms with Crippen molar-refractivity contribution < 1.29 is 19.8 Å². The highest BCUT2D eigenvalue weighted by Crippen LogP contribution is 2.30. The summed E-state index contributed by atoms with van der Waals surface area (Å²) < 4.78 is 0. The predicted molar refractivity (Wildman–Crippen MR) is 161 cm³/mol. The molecule has 6 heteroatoms. The molecular formula is C35H38N2O4. The average Bonchev–Trinajstić information content (AvgIpc) is 3.02. The Labute approximate surface area is 242 Å². The quantitative estimate of drug-likeness (QED) is 0.179. The van der Waals surface area contributed by atoms with E-state index in [4.69, 9.17) is 0 Å². The van der Waals surface area contributed by atoms with Gasteiger partial charge in [0.1, 0.15) is 5.41 Å². The van der Waals surface area contributed by atoms with Crippen molar-refractivity contribution in [2.75, 3.05) is 13.2 Å². The number of hydrogen-bond acceptors (Lipinski definition) is 4. The molecule has 4 rings (SSSR count). The first-order valence-electron chi connectivity index (χ1n) is 14.0. The minimum atomic E-state index is -1.54. The summed E-state index contributed by atoms with van der Waals surface area (Å²) in [4.78, 5) is 28.7. The summed E-state index contributed by atoms with van der Waals surface area (Å²) in [5, 5.41) is 26.5. The smallest absolute Gasteiger partial charge is 0.236 e. The molecule has 6 nitrogen and oxygen atoms in total. The van der Waals surface area contributed by atoms with Gasteiger partial charge in [0.05, 0.1) is 25.3 Å². The Balaban J connectivity index is 1.70. The lowest BCUT2D eigenvalue weighted by atomic mass is 9.74. The zero-order valence-electron chi connectivity index (χ0n) is 23.2. The average molecular weight is 551 g/mol. The molecule has 4 aromatic rings. The van der Waals surface area contributed by atoms with Gasteiger partial charge in [-0.25, -0.2) is 0 Å². The Hall–Kier alpha value is -4.26. The molecule has 0 unspecified atom stereocenters. The molecule has 212 valence electrons. The summed E-state index contributed by atoms with van der Waals surface area (Å²) in [5.74, 6) is -0.928. The van der Waals surface area contributed by atoms with Crippen molar-refractivity contribution in [1.82, 2.24) is 10.6 Å². The Morgan fingerprint density at radius 3 is 1.10 bits per heavy atom. The van der Waals surface area contributed by atoms with Crippen molar-refractivity contribution in [3.63, 3.8) is 0 Å². The number of aliphatic hydroxyl groups is 2. The van der Waals surface area contributed by atoms with Gasteiger partial charge in [-0.3, -0.25) is 9.59 Å². The van der Waals surface area contributed by atoms with Crippen LogP contribution in [0.1, 0.15) is 22.3 Å². The lowest BCUT2D eigenvalue weighted by Gasteiger charge is -2.34. The second-order valence-corrected chi connectivity index (χ2v) is 10.5. The summed E-state index contributed by atoms with van der Waals surface area (Å²) in [6.07, 6.45) is 1.14. The van der Waals surface area contributed by atoms with E-state index in [-0.39, 0.29) is 26.1 Å². The van der Waals surface area contributed by atoms with Crippen LogP contribution in [0.4, 0.5) is 0 Å². The largest absolute Gasteiger partial charge is 0.394 e. The van der Waals surface area contributed by atoms with Crippen LogP contribution in [0.15, 0.2) is 121 Å². The van der Waals surface area contributed by atoms with Gasteiger partial charge in [0.2, 0.25) is 11.8 Å². The van der Waals surface area contributed by atoms with Crippen molar-refractivity contribution in [2.24, 2.45) is 5.41 Å². The van der Waals surface area contributed by atoms with Crippen molar-refractivity contribution >= 4 is 11.8 Å². The first-order valence-corrected chi connectivity index (χ1v) is 14.0. The van der Waals surface area contributed by atoms with E-state index in [2.05, 4.69) is 10.6 Å². The number of hydrogen-bond donors (Lipinski definition) is 4. The molecule has 0 bridgehead atoms. The van der Waals surface area contributed by atoms with Gasteiger partial charge in [-0.2, -0.15) is 0 Å². The van der Waals surface area contributed by atoms with E-state index in [1.165, 1.54) is 0 Å². The molecule has 0 aromatic heterocycles. The van der Waals surface area contributed by atoms with Crippen LogP contribution in [-0.2, 0) is 35.3 Å². The molecule has 0 fully saturated rings. The van der Waals surface area contributed by atoms with Gasteiger partial charge in [0.15, 0.2) is 0 Å². The highest BCUT2D eigenvalue weighted by atomic mass is 16.3. The summed E-state index contributed by atoms with van der Waals surface area (Å²) in [7, 11) is 0. The zero-order valence-corrected chi connectivity index (χ0v) is 23.2. The highest BCUT2D eigenvalue weighted by Gasteiger charge is 2.47. The van der Waals surface area contributed by atoms with Crippen LogP contribution in [0.5, 0.6) is 0 Å². The molecule has 0 aliphatic carbocycles. The molecule has 0 aliphatic rings. The number of benzene rings is 4. The summed E-state index contributed by atoms with van der Waals surface area (Å²) in [6, 6.07) is 37.0. The van der Waals surface area contributed by atoms with Crippen LogP contribution in [-0.4, -0.2) is 47.3 Å². The summed E-state index contributed by atoms with van der Waals surface area (Å²) in [5.41, 5.74) is 2.06. The molecule has 4 aromatic carbocycles.